The molecule has 1 amide bonds. The number of fused-ring (bicyclic) bond motifs is 1. The minimum atomic E-state index is -0.0205. The number of benzene rings is 1. The van der Waals surface area contributed by atoms with Crippen LogP contribution in [0.3, 0.4) is 0 Å². The molecule has 0 bridgehead atoms. The molecule has 0 aliphatic heterocycles. The number of nitrogens with zero attached hydrogens (tertiary/aromatic N) is 1. The molecule has 1 aromatic rings. The predicted octanol–water partition coefficient (Wildman–Crippen LogP) is 2.73. The zero-order valence-electron chi connectivity index (χ0n) is 12.3. The first-order valence-corrected chi connectivity index (χ1v) is 7.01. The third-order valence-corrected chi connectivity index (χ3v) is 3.72. The molecular formula is C18H18N2O. The lowest BCUT2D eigenvalue weighted by Crippen LogP contribution is -2.24. The molecule has 0 atom stereocenters. The number of hydrogen-bond acceptors (Lipinski definition) is 2. The lowest BCUT2D eigenvalue weighted by Gasteiger charge is -2.13. The van der Waals surface area contributed by atoms with Gasteiger partial charge in [0.2, 0.25) is 0 Å². The molecule has 0 radical (unpaired) electrons. The van der Waals surface area contributed by atoms with Gasteiger partial charge in [-0.1, -0.05) is 36.4 Å². The van der Waals surface area contributed by atoms with Crippen molar-refractivity contribution in [2.45, 2.75) is 6.54 Å². The second kappa shape index (κ2) is 5.44. The summed E-state index contributed by atoms with van der Waals surface area (Å²) in [5.74, 6) is -0.0205. The Balaban J connectivity index is 1.60. The Morgan fingerprint density at radius 3 is 2.57 bits per heavy atom. The van der Waals surface area contributed by atoms with Crippen molar-refractivity contribution in [3.63, 3.8) is 0 Å². The molecule has 1 N–H and O–H groups in total. The Morgan fingerprint density at radius 1 is 1.10 bits per heavy atom. The molecule has 3 rings (SSSR count). The molecule has 0 saturated heterocycles. The molecule has 0 fully saturated rings. The first kappa shape index (κ1) is 13.4. The van der Waals surface area contributed by atoms with Crippen LogP contribution in [-0.2, 0) is 11.3 Å². The van der Waals surface area contributed by atoms with Crippen molar-refractivity contribution < 1.29 is 4.79 Å². The SMILES string of the molecule is CN(C)c1ccc(CNC(=O)C2=CC=C3C=CC=C32)cc1. The van der Waals surface area contributed by atoms with E-state index >= 15 is 0 Å². The molecule has 0 heterocycles. The lowest BCUT2D eigenvalue weighted by atomic mass is 10.1. The van der Waals surface area contributed by atoms with Gasteiger partial charge in [-0.25, -0.2) is 0 Å². The highest BCUT2D eigenvalue weighted by atomic mass is 16.1. The maximum absolute atomic E-state index is 12.2. The fourth-order valence-corrected chi connectivity index (χ4v) is 2.48. The van der Waals surface area contributed by atoms with Crippen molar-refractivity contribution >= 4 is 11.6 Å². The van der Waals surface area contributed by atoms with Crippen LogP contribution in [0.25, 0.3) is 0 Å². The number of allylic oxidation sites excluding steroid dienone is 6. The third kappa shape index (κ3) is 2.68. The summed E-state index contributed by atoms with van der Waals surface area (Å²) < 4.78 is 0. The van der Waals surface area contributed by atoms with Crippen LogP contribution in [0.1, 0.15) is 5.56 Å². The summed E-state index contributed by atoms with van der Waals surface area (Å²) in [6.07, 6.45) is 9.84. The molecule has 3 heteroatoms. The van der Waals surface area contributed by atoms with Gasteiger partial charge in [-0.2, -0.15) is 0 Å². The number of carbonyl (C=O) groups excluding carboxylic acids is 1. The first-order chi connectivity index (χ1) is 10.1. The van der Waals surface area contributed by atoms with Gasteiger partial charge in [0.15, 0.2) is 0 Å². The fraction of sp³-hybridized carbons (Fsp3) is 0.167. The van der Waals surface area contributed by atoms with Crippen LogP contribution in [-0.4, -0.2) is 20.0 Å². The third-order valence-electron chi connectivity index (χ3n) is 3.72. The average Bonchev–Trinajstić information content (AvgIpc) is 3.08. The van der Waals surface area contributed by atoms with Gasteiger partial charge >= 0.3 is 0 Å². The highest BCUT2D eigenvalue weighted by Gasteiger charge is 2.21. The zero-order chi connectivity index (χ0) is 14.8. The summed E-state index contributed by atoms with van der Waals surface area (Å²) in [4.78, 5) is 14.3. The molecule has 0 unspecified atom stereocenters. The van der Waals surface area contributed by atoms with Gasteiger partial charge in [0.1, 0.15) is 0 Å². The molecular weight excluding hydrogens is 260 g/mol. The van der Waals surface area contributed by atoms with E-state index in [0.29, 0.717) is 6.54 Å². The number of hydrogen-bond donors (Lipinski definition) is 1. The van der Waals surface area contributed by atoms with E-state index in [1.807, 2.05) is 56.6 Å². The van der Waals surface area contributed by atoms with E-state index in [1.165, 1.54) is 0 Å². The number of nitrogens with one attached hydrogen (secondary N) is 1. The second-order valence-electron chi connectivity index (χ2n) is 5.39. The molecule has 2 aliphatic rings. The highest BCUT2D eigenvalue weighted by Crippen LogP contribution is 2.30. The van der Waals surface area contributed by atoms with Crippen molar-refractivity contribution in [2.75, 3.05) is 19.0 Å². The van der Waals surface area contributed by atoms with E-state index in [-0.39, 0.29) is 5.91 Å². The van der Waals surface area contributed by atoms with Crippen LogP contribution >= 0.6 is 0 Å². The quantitative estimate of drug-likeness (QED) is 0.918. The maximum atomic E-state index is 12.2. The van der Waals surface area contributed by atoms with Gasteiger partial charge in [-0.05, 0) is 34.9 Å². The Hall–Kier alpha value is -2.55. The topological polar surface area (TPSA) is 32.3 Å². The van der Waals surface area contributed by atoms with Crippen LogP contribution in [0.5, 0.6) is 0 Å². The maximum Gasteiger partial charge on any atom is 0.252 e. The van der Waals surface area contributed by atoms with Gasteiger partial charge in [0.25, 0.3) is 5.91 Å². The Bertz CT molecular complexity index is 688. The largest absolute Gasteiger partial charge is 0.378 e. The highest BCUT2D eigenvalue weighted by molar-refractivity contribution is 6.01. The van der Waals surface area contributed by atoms with Crippen molar-refractivity contribution in [3.8, 4) is 0 Å². The summed E-state index contributed by atoms with van der Waals surface area (Å²) in [5.41, 5.74) is 5.14. The van der Waals surface area contributed by atoms with Crippen LogP contribution < -0.4 is 10.2 Å². The molecule has 2 aliphatic carbocycles. The molecule has 0 saturated carbocycles. The lowest BCUT2D eigenvalue weighted by molar-refractivity contribution is -0.117. The molecule has 0 aromatic heterocycles. The van der Waals surface area contributed by atoms with E-state index in [4.69, 9.17) is 0 Å². The normalized spacial score (nSPS) is 15.2. The van der Waals surface area contributed by atoms with Crippen molar-refractivity contribution in [1.29, 1.82) is 0 Å². The minimum Gasteiger partial charge on any atom is -0.378 e. The molecule has 21 heavy (non-hydrogen) atoms. The summed E-state index contributed by atoms with van der Waals surface area (Å²) in [5, 5.41) is 2.98. The number of amides is 1. The van der Waals surface area contributed by atoms with Crippen LogP contribution in [0, 0.1) is 0 Å². The minimum absolute atomic E-state index is 0.0205. The van der Waals surface area contributed by atoms with Gasteiger partial charge in [0.05, 0.1) is 0 Å². The predicted molar refractivity (Wildman–Crippen MR) is 86.0 cm³/mol. The van der Waals surface area contributed by atoms with Crippen molar-refractivity contribution in [3.05, 3.63) is 76.9 Å². The molecule has 1 aromatic carbocycles. The summed E-state index contributed by atoms with van der Waals surface area (Å²) in [6, 6.07) is 8.19. The zero-order valence-corrected chi connectivity index (χ0v) is 12.3. The van der Waals surface area contributed by atoms with E-state index in [2.05, 4.69) is 22.3 Å². The summed E-state index contributed by atoms with van der Waals surface area (Å²) >= 11 is 0. The molecule has 106 valence electrons. The number of anilines is 1. The molecule has 3 nitrogen and oxygen atoms in total. The van der Waals surface area contributed by atoms with Gasteiger partial charge in [0, 0.05) is 31.9 Å². The fourth-order valence-electron chi connectivity index (χ4n) is 2.48. The Morgan fingerprint density at radius 2 is 1.86 bits per heavy atom. The first-order valence-electron chi connectivity index (χ1n) is 7.01. The van der Waals surface area contributed by atoms with Gasteiger partial charge < -0.3 is 10.2 Å². The second-order valence-corrected chi connectivity index (χ2v) is 5.39. The van der Waals surface area contributed by atoms with E-state index in [9.17, 15) is 4.79 Å². The van der Waals surface area contributed by atoms with E-state index < -0.39 is 0 Å². The average molecular weight is 278 g/mol. The summed E-state index contributed by atoms with van der Waals surface area (Å²) in [7, 11) is 4.02. The Kier molecular flexibility index (Phi) is 3.48. The Labute approximate surface area is 125 Å². The van der Waals surface area contributed by atoms with Crippen molar-refractivity contribution in [2.24, 2.45) is 0 Å². The smallest absolute Gasteiger partial charge is 0.252 e. The van der Waals surface area contributed by atoms with Crippen LogP contribution in [0.4, 0.5) is 5.69 Å². The summed E-state index contributed by atoms with van der Waals surface area (Å²) in [6.45, 7) is 0.542. The van der Waals surface area contributed by atoms with Gasteiger partial charge in [-0.3, -0.25) is 4.79 Å². The van der Waals surface area contributed by atoms with Gasteiger partial charge in [-0.15, -0.1) is 0 Å². The number of rotatable bonds is 4. The standard InChI is InChI=1S/C18H18N2O/c1-20(2)15-9-6-13(7-10-15)12-19-18(21)17-11-8-14-4-3-5-16(14)17/h3-11H,12H2,1-2H3,(H,19,21). The van der Waals surface area contributed by atoms with E-state index in [1.54, 1.807) is 0 Å². The molecule has 0 spiro atoms. The van der Waals surface area contributed by atoms with E-state index in [0.717, 1.165) is 28.0 Å². The van der Waals surface area contributed by atoms with Crippen molar-refractivity contribution in [1.82, 2.24) is 5.32 Å². The van der Waals surface area contributed by atoms with Crippen LogP contribution in [0.2, 0.25) is 0 Å². The monoisotopic (exact) mass is 278 g/mol. The number of carbonyl (C=O) groups is 1. The van der Waals surface area contributed by atoms with Crippen LogP contribution in [0.15, 0.2) is 71.4 Å².